The molecule has 0 aromatic heterocycles. The summed E-state index contributed by atoms with van der Waals surface area (Å²) in [6.45, 7) is 5.72. The summed E-state index contributed by atoms with van der Waals surface area (Å²) in [5.74, 6) is -0.240. The first kappa shape index (κ1) is 14.0. The Hall–Kier alpha value is -1.09. The summed E-state index contributed by atoms with van der Waals surface area (Å²) in [4.78, 5) is 11.7. The maximum absolute atomic E-state index is 11.7. The number of halogens is 1. The van der Waals surface area contributed by atoms with Crippen molar-refractivity contribution in [1.29, 1.82) is 5.26 Å². The van der Waals surface area contributed by atoms with E-state index in [1.165, 1.54) is 9.13 Å². The molecule has 0 saturated carbocycles. The largest absolute Gasteiger partial charge is 0.351 e. The minimum atomic E-state index is -0.974. The van der Waals surface area contributed by atoms with Gasteiger partial charge in [-0.3, -0.25) is 4.79 Å². The van der Waals surface area contributed by atoms with E-state index in [4.69, 9.17) is 5.26 Å². The lowest BCUT2D eigenvalue weighted by Gasteiger charge is -2.15. The van der Waals surface area contributed by atoms with Gasteiger partial charge in [-0.2, -0.15) is 5.26 Å². The molecular formula is C13H15IN2O. The standard InChI is InChI=1S/C13H15IN2O/c1-9-6-10(4-5-11(9)14)7-16-12(17)13(2,3)8-15/h4-6H,7H2,1-3H3,(H,16,17). The van der Waals surface area contributed by atoms with Crippen molar-refractivity contribution in [2.45, 2.75) is 27.3 Å². The van der Waals surface area contributed by atoms with Crippen LogP contribution in [-0.2, 0) is 11.3 Å². The van der Waals surface area contributed by atoms with Crippen LogP contribution in [0, 0.1) is 27.2 Å². The molecule has 0 aliphatic carbocycles. The molecular weight excluding hydrogens is 327 g/mol. The summed E-state index contributed by atoms with van der Waals surface area (Å²) in [6.07, 6.45) is 0. The Kier molecular flexibility index (Phi) is 4.52. The van der Waals surface area contributed by atoms with E-state index in [0.29, 0.717) is 6.54 Å². The maximum Gasteiger partial charge on any atom is 0.240 e. The van der Waals surface area contributed by atoms with Gasteiger partial charge in [0.2, 0.25) is 5.91 Å². The summed E-state index contributed by atoms with van der Waals surface area (Å²) in [6, 6.07) is 8.03. The zero-order chi connectivity index (χ0) is 13.1. The fourth-order valence-electron chi connectivity index (χ4n) is 1.27. The highest BCUT2D eigenvalue weighted by Crippen LogP contribution is 2.15. The predicted octanol–water partition coefficient (Wildman–Crippen LogP) is 2.77. The van der Waals surface area contributed by atoms with Gasteiger partial charge in [0.25, 0.3) is 0 Å². The summed E-state index contributed by atoms with van der Waals surface area (Å²) in [5.41, 5.74) is 1.26. The Bertz CT molecular complexity index is 475. The van der Waals surface area contributed by atoms with Crippen LogP contribution in [-0.4, -0.2) is 5.91 Å². The minimum absolute atomic E-state index is 0.240. The SMILES string of the molecule is Cc1cc(CNC(=O)C(C)(C)C#N)ccc1I. The third-order valence-corrected chi connectivity index (χ3v) is 3.73. The highest BCUT2D eigenvalue weighted by molar-refractivity contribution is 14.1. The van der Waals surface area contributed by atoms with Crippen molar-refractivity contribution < 1.29 is 4.79 Å². The van der Waals surface area contributed by atoms with Crippen LogP contribution in [0.5, 0.6) is 0 Å². The Morgan fingerprint density at radius 1 is 1.53 bits per heavy atom. The van der Waals surface area contributed by atoms with Crippen molar-refractivity contribution in [3.63, 3.8) is 0 Å². The van der Waals surface area contributed by atoms with Crippen molar-refractivity contribution in [3.05, 3.63) is 32.9 Å². The lowest BCUT2D eigenvalue weighted by atomic mass is 9.94. The van der Waals surface area contributed by atoms with Crippen molar-refractivity contribution >= 4 is 28.5 Å². The second kappa shape index (κ2) is 5.50. The number of nitrogens with one attached hydrogen (secondary N) is 1. The molecule has 0 saturated heterocycles. The van der Waals surface area contributed by atoms with Gasteiger partial charge in [0.1, 0.15) is 5.41 Å². The van der Waals surface area contributed by atoms with E-state index >= 15 is 0 Å². The Morgan fingerprint density at radius 3 is 2.71 bits per heavy atom. The van der Waals surface area contributed by atoms with Crippen LogP contribution in [0.4, 0.5) is 0 Å². The van der Waals surface area contributed by atoms with Gasteiger partial charge in [-0.25, -0.2) is 0 Å². The molecule has 1 aromatic rings. The molecule has 1 amide bonds. The van der Waals surface area contributed by atoms with Crippen LogP contribution < -0.4 is 5.32 Å². The van der Waals surface area contributed by atoms with Gasteiger partial charge in [-0.1, -0.05) is 12.1 Å². The van der Waals surface area contributed by atoms with Crippen LogP contribution in [0.15, 0.2) is 18.2 Å². The van der Waals surface area contributed by atoms with Crippen LogP contribution in [0.2, 0.25) is 0 Å². The molecule has 4 heteroatoms. The number of benzene rings is 1. The quantitative estimate of drug-likeness (QED) is 0.859. The third-order valence-electron chi connectivity index (χ3n) is 2.52. The number of rotatable bonds is 3. The topological polar surface area (TPSA) is 52.9 Å². The normalized spacial score (nSPS) is 10.8. The molecule has 3 nitrogen and oxygen atoms in total. The lowest BCUT2D eigenvalue weighted by molar-refractivity contribution is -0.126. The first-order chi connectivity index (χ1) is 7.86. The van der Waals surface area contributed by atoms with Gasteiger partial charge < -0.3 is 5.32 Å². The number of hydrogen-bond acceptors (Lipinski definition) is 2. The summed E-state index contributed by atoms with van der Waals surface area (Å²) < 4.78 is 1.20. The van der Waals surface area contributed by atoms with E-state index in [1.807, 2.05) is 31.2 Å². The number of nitrogens with zero attached hydrogens (tertiary/aromatic N) is 1. The molecule has 0 atom stereocenters. The average molecular weight is 342 g/mol. The van der Waals surface area contributed by atoms with Crippen molar-refractivity contribution in [2.24, 2.45) is 5.41 Å². The minimum Gasteiger partial charge on any atom is -0.351 e. The molecule has 0 aliphatic heterocycles. The fraction of sp³-hybridized carbons (Fsp3) is 0.385. The van der Waals surface area contributed by atoms with E-state index in [0.717, 1.165) is 5.56 Å². The van der Waals surface area contributed by atoms with E-state index < -0.39 is 5.41 Å². The summed E-state index contributed by atoms with van der Waals surface area (Å²) >= 11 is 2.27. The van der Waals surface area contributed by atoms with E-state index in [2.05, 4.69) is 27.9 Å². The van der Waals surface area contributed by atoms with Crippen LogP contribution >= 0.6 is 22.6 Å². The molecule has 0 aliphatic rings. The molecule has 0 fully saturated rings. The van der Waals surface area contributed by atoms with Gasteiger partial charge in [0.15, 0.2) is 0 Å². The molecule has 0 radical (unpaired) electrons. The summed E-state index contributed by atoms with van der Waals surface area (Å²) in [7, 11) is 0. The molecule has 0 spiro atoms. The molecule has 0 heterocycles. The van der Waals surface area contributed by atoms with Crippen molar-refractivity contribution in [3.8, 4) is 6.07 Å². The molecule has 0 unspecified atom stereocenters. The Morgan fingerprint density at radius 2 is 2.18 bits per heavy atom. The first-order valence-electron chi connectivity index (χ1n) is 5.31. The predicted molar refractivity (Wildman–Crippen MR) is 75.1 cm³/mol. The average Bonchev–Trinajstić information content (AvgIpc) is 2.30. The molecule has 1 N–H and O–H groups in total. The number of hydrogen-bond donors (Lipinski definition) is 1. The van der Waals surface area contributed by atoms with E-state index in [-0.39, 0.29) is 5.91 Å². The molecule has 1 aromatic carbocycles. The van der Waals surface area contributed by atoms with Crippen molar-refractivity contribution in [1.82, 2.24) is 5.32 Å². The Balaban J connectivity index is 2.66. The first-order valence-corrected chi connectivity index (χ1v) is 6.39. The van der Waals surface area contributed by atoms with Gasteiger partial charge in [-0.15, -0.1) is 0 Å². The van der Waals surface area contributed by atoms with Gasteiger partial charge in [0, 0.05) is 10.1 Å². The van der Waals surface area contributed by atoms with Crippen molar-refractivity contribution in [2.75, 3.05) is 0 Å². The number of nitriles is 1. The van der Waals surface area contributed by atoms with Gasteiger partial charge >= 0.3 is 0 Å². The monoisotopic (exact) mass is 342 g/mol. The highest BCUT2D eigenvalue weighted by Gasteiger charge is 2.26. The molecule has 90 valence electrons. The molecule has 17 heavy (non-hydrogen) atoms. The third kappa shape index (κ3) is 3.70. The number of aryl methyl sites for hydroxylation is 1. The van der Waals surface area contributed by atoms with E-state index in [1.54, 1.807) is 13.8 Å². The molecule has 1 rings (SSSR count). The number of amides is 1. The number of carbonyl (C=O) groups is 1. The van der Waals surface area contributed by atoms with Crippen LogP contribution in [0.3, 0.4) is 0 Å². The van der Waals surface area contributed by atoms with Crippen LogP contribution in [0.25, 0.3) is 0 Å². The Labute approximate surface area is 115 Å². The second-order valence-electron chi connectivity index (χ2n) is 4.50. The number of carbonyl (C=O) groups excluding carboxylic acids is 1. The molecule has 0 bridgehead atoms. The highest BCUT2D eigenvalue weighted by atomic mass is 127. The lowest BCUT2D eigenvalue weighted by Crippen LogP contribution is -2.35. The zero-order valence-electron chi connectivity index (χ0n) is 10.2. The smallest absolute Gasteiger partial charge is 0.240 e. The van der Waals surface area contributed by atoms with Gasteiger partial charge in [-0.05, 0) is 60.6 Å². The fourth-order valence-corrected chi connectivity index (χ4v) is 1.61. The van der Waals surface area contributed by atoms with E-state index in [9.17, 15) is 4.79 Å². The zero-order valence-corrected chi connectivity index (χ0v) is 12.3. The second-order valence-corrected chi connectivity index (χ2v) is 5.67. The summed E-state index contributed by atoms with van der Waals surface area (Å²) in [5, 5.41) is 11.6. The maximum atomic E-state index is 11.7. The van der Waals surface area contributed by atoms with Gasteiger partial charge in [0.05, 0.1) is 6.07 Å². The van der Waals surface area contributed by atoms with Crippen LogP contribution in [0.1, 0.15) is 25.0 Å².